The number of carbonyl (C=O) groups excluding carboxylic acids is 1. The molecule has 0 aromatic carbocycles. The van der Waals surface area contributed by atoms with Crippen LogP contribution in [0.4, 0.5) is 0 Å². The van der Waals surface area contributed by atoms with E-state index in [1.807, 2.05) is 0 Å². The second kappa shape index (κ2) is 7.94. The van der Waals surface area contributed by atoms with Crippen molar-refractivity contribution in [2.45, 2.75) is 58.0 Å². The zero-order chi connectivity index (χ0) is 17.0. The van der Waals surface area contributed by atoms with E-state index in [1.54, 1.807) is 4.90 Å². The standard InChI is InChI=1S/C16H31N3O3S/c1-13-5-4-6-14(2)19(13)12-9-17-16(20)15-7-10-18(11-8-15)23(3,21)22/h13-15H,4-12H2,1-3H3,(H,17,20)/p+1/t13-,14-/m0/s1. The summed E-state index contributed by atoms with van der Waals surface area (Å²) in [4.78, 5) is 13.9. The molecule has 2 rings (SSSR count). The number of quaternary nitrogens is 1. The van der Waals surface area contributed by atoms with Crippen LogP contribution in [-0.2, 0) is 14.8 Å². The number of hydrogen-bond acceptors (Lipinski definition) is 3. The Morgan fingerprint density at radius 3 is 2.22 bits per heavy atom. The van der Waals surface area contributed by atoms with Crippen LogP contribution >= 0.6 is 0 Å². The van der Waals surface area contributed by atoms with Crippen LogP contribution in [0, 0.1) is 5.92 Å². The summed E-state index contributed by atoms with van der Waals surface area (Å²) in [5.41, 5.74) is 0. The Morgan fingerprint density at radius 2 is 1.70 bits per heavy atom. The van der Waals surface area contributed by atoms with Crippen LogP contribution in [0.1, 0.15) is 46.0 Å². The summed E-state index contributed by atoms with van der Waals surface area (Å²) in [5, 5.41) is 3.07. The molecular weight excluding hydrogens is 314 g/mol. The van der Waals surface area contributed by atoms with Gasteiger partial charge in [0.15, 0.2) is 0 Å². The molecule has 2 aliphatic rings. The summed E-state index contributed by atoms with van der Waals surface area (Å²) in [6.07, 6.45) is 6.36. The molecule has 23 heavy (non-hydrogen) atoms. The Balaban J connectivity index is 1.71. The molecule has 0 unspecified atom stereocenters. The average Bonchev–Trinajstić information content (AvgIpc) is 2.49. The van der Waals surface area contributed by atoms with E-state index >= 15 is 0 Å². The minimum Gasteiger partial charge on any atom is -0.350 e. The highest BCUT2D eigenvalue weighted by molar-refractivity contribution is 7.88. The number of nitrogens with zero attached hydrogens (tertiary/aromatic N) is 1. The summed E-state index contributed by atoms with van der Waals surface area (Å²) in [7, 11) is -3.12. The molecule has 2 saturated heterocycles. The number of piperidine rings is 2. The van der Waals surface area contributed by atoms with Crippen molar-refractivity contribution in [1.82, 2.24) is 9.62 Å². The Morgan fingerprint density at radius 1 is 1.13 bits per heavy atom. The number of hydrogen-bond donors (Lipinski definition) is 2. The van der Waals surface area contributed by atoms with Crippen molar-refractivity contribution in [2.24, 2.45) is 5.92 Å². The van der Waals surface area contributed by atoms with Crippen molar-refractivity contribution >= 4 is 15.9 Å². The second-order valence-corrected chi connectivity index (χ2v) is 9.27. The normalized spacial score (nSPS) is 28.7. The van der Waals surface area contributed by atoms with Gasteiger partial charge < -0.3 is 10.2 Å². The molecule has 0 saturated carbocycles. The lowest BCUT2D eigenvalue weighted by molar-refractivity contribution is -0.950. The highest BCUT2D eigenvalue weighted by atomic mass is 32.2. The van der Waals surface area contributed by atoms with Gasteiger partial charge >= 0.3 is 0 Å². The molecule has 2 aliphatic heterocycles. The lowest BCUT2D eigenvalue weighted by Gasteiger charge is -2.36. The Hall–Kier alpha value is -0.660. The monoisotopic (exact) mass is 346 g/mol. The molecule has 2 fully saturated rings. The summed E-state index contributed by atoms with van der Waals surface area (Å²) < 4.78 is 24.5. The third-order valence-corrected chi connectivity index (χ3v) is 6.85. The molecule has 0 radical (unpaired) electrons. The van der Waals surface area contributed by atoms with E-state index in [1.165, 1.54) is 29.8 Å². The zero-order valence-electron chi connectivity index (χ0n) is 14.7. The molecule has 134 valence electrons. The second-order valence-electron chi connectivity index (χ2n) is 7.29. The highest BCUT2D eigenvalue weighted by Crippen LogP contribution is 2.19. The van der Waals surface area contributed by atoms with Gasteiger partial charge in [-0.3, -0.25) is 4.79 Å². The molecule has 2 atom stereocenters. The molecule has 6 nitrogen and oxygen atoms in total. The van der Waals surface area contributed by atoms with E-state index in [0.717, 1.165) is 13.1 Å². The molecule has 1 amide bonds. The van der Waals surface area contributed by atoms with Gasteiger partial charge in [-0.25, -0.2) is 12.7 Å². The molecule has 0 bridgehead atoms. The maximum Gasteiger partial charge on any atom is 0.223 e. The van der Waals surface area contributed by atoms with Crippen molar-refractivity contribution in [2.75, 3.05) is 32.4 Å². The largest absolute Gasteiger partial charge is 0.350 e. The lowest BCUT2D eigenvalue weighted by atomic mass is 9.97. The van der Waals surface area contributed by atoms with Crippen LogP contribution < -0.4 is 10.2 Å². The van der Waals surface area contributed by atoms with E-state index in [9.17, 15) is 13.2 Å². The molecular formula is C16H32N3O3S+. The van der Waals surface area contributed by atoms with Crippen molar-refractivity contribution in [1.29, 1.82) is 0 Å². The fourth-order valence-electron chi connectivity index (χ4n) is 4.00. The van der Waals surface area contributed by atoms with E-state index in [4.69, 9.17) is 0 Å². The molecule has 0 aromatic rings. The van der Waals surface area contributed by atoms with Crippen molar-refractivity contribution < 1.29 is 18.1 Å². The number of nitrogens with one attached hydrogen (secondary N) is 2. The van der Waals surface area contributed by atoms with Gasteiger partial charge in [0.05, 0.1) is 31.4 Å². The van der Waals surface area contributed by atoms with E-state index in [2.05, 4.69) is 19.2 Å². The molecule has 0 spiro atoms. The van der Waals surface area contributed by atoms with Crippen LogP contribution in [0.2, 0.25) is 0 Å². The summed E-state index contributed by atoms with van der Waals surface area (Å²) in [6.45, 7) is 7.22. The van der Waals surface area contributed by atoms with Gasteiger partial charge in [-0.05, 0) is 46.0 Å². The van der Waals surface area contributed by atoms with Gasteiger partial charge in [-0.15, -0.1) is 0 Å². The van der Waals surface area contributed by atoms with Gasteiger partial charge in [0.2, 0.25) is 15.9 Å². The van der Waals surface area contributed by atoms with Crippen molar-refractivity contribution in [3.63, 3.8) is 0 Å². The number of sulfonamides is 1. The minimum absolute atomic E-state index is 0.0424. The molecule has 0 aliphatic carbocycles. The van der Waals surface area contributed by atoms with E-state index in [-0.39, 0.29) is 11.8 Å². The van der Waals surface area contributed by atoms with Crippen molar-refractivity contribution in [3.05, 3.63) is 0 Å². The summed E-state index contributed by atoms with van der Waals surface area (Å²) >= 11 is 0. The Labute approximate surface area is 140 Å². The first-order valence-electron chi connectivity index (χ1n) is 8.87. The first-order valence-corrected chi connectivity index (χ1v) is 10.7. The number of amides is 1. The average molecular weight is 347 g/mol. The number of carbonyl (C=O) groups is 1. The van der Waals surface area contributed by atoms with E-state index < -0.39 is 10.0 Å². The molecule has 0 aromatic heterocycles. The first-order chi connectivity index (χ1) is 10.8. The van der Waals surface area contributed by atoms with E-state index in [0.29, 0.717) is 38.0 Å². The predicted octanol–water partition coefficient (Wildman–Crippen LogP) is -0.380. The van der Waals surface area contributed by atoms with Gasteiger partial charge in [0.1, 0.15) is 0 Å². The first kappa shape index (κ1) is 18.7. The SMILES string of the molecule is C[C@H]1CCC[C@H](C)[NH+]1CCNC(=O)C1CCN(S(C)(=O)=O)CC1. The van der Waals surface area contributed by atoms with Crippen LogP contribution in [0.3, 0.4) is 0 Å². The van der Waals surface area contributed by atoms with Gasteiger partial charge in [0.25, 0.3) is 0 Å². The minimum atomic E-state index is -3.12. The number of likely N-dealkylation sites (tertiary alicyclic amines) is 1. The quantitative estimate of drug-likeness (QED) is 0.713. The fourth-order valence-corrected chi connectivity index (χ4v) is 4.88. The highest BCUT2D eigenvalue weighted by Gasteiger charge is 2.30. The number of rotatable bonds is 5. The van der Waals surface area contributed by atoms with Gasteiger partial charge in [0, 0.05) is 19.0 Å². The van der Waals surface area contributed by atoms with Crippen LogP contribution in [0.5, 0.6) is 0 Å². The molecule has 7 heteroatoms. The van der Waals surface area contributed by atoms with Crippen LogP contribution in [0.25, 0.3) is 0 Å². The molecule has 2 N–H and O–H groups in total. The topological polar surface area (TPSA) is 70.9 Å². The fraction of sp³-hybridized carbons (Fsp3) is 0.938. The Bertz CT molecular complexity index is 491. The summed E-state index contributed by atoms with van der Waals surface area (Å²) in [5.74, 6) is 0.0501. The maximum atomic E-state index is 12.3. The predicted molar refractivity (Wildman–Crippen MR) is 90.8 cm³/mol. The Kier molecular flexibility index (Phi) is 6.45. The smallest absolute Gasteiger partial charge is 0.223 e. The summed E-state index contributed by atoms with van der Waals surface area (Å²) in [6, 6.07) is 1.35. The van der Waals surface area contributed by atoms with Gasteiger partial charge in [-0.2, -0.15) is 0 Å². The van der Waals surface area contributed by atoms with Crippen molar-refractivity contribution in [3.8, 4) is 0 Å². The third-order valence-electron chi connectivity index (χ3n) is 5.55. The lowest BCUT2D eigenvalue weighted by Crippen LogP contribution is -3.19. The maximum absolute atomic E-state index is 12.3. The zero-order valence-corrected chi connectivity index (χ0v) is 15.5. The molecule has 2 heterocycles. The van der Waals surface area contributed by atoms with Crippen LogP contribution in [-0.4, -0.2) is 63.1 Å². The van der Waals surface area contributed by atoms with Gasteiger partial charge in [-0.1, -0.05) is 0 Å². The third kappa shape index (κ3) is 5.16. The van der Waals surface area contributed by atoms with Crippen LogP contribution in [0.15, 0.2) is 0 Å².